The van der Waals surface area contributed by atoms with E-state index in [0.29, 0.717) is 0 Å². The average molecular weight is 162 g/mol. The summed E-state index contributed by atoms with van der Waals surface area (Å²) in [7, 11) is 0. The van der Waals surface area contributed by atoms with Gasteiger partial charge in [-0.1, -0.05) is 6.07 Å². The molecule has 0 aromatic carbocycles. The van der Waals surface area contributed by atoms with Crippen molar-refractivity contribution in [2.24, 2.45) is 5.73 Å². The maximum atomic E-state index is 10.7. The van der Waals surface area contributed by atoms with Crippen LogP contribution < -0.4 is 10.3 Å². The molecule has 0 saturated heterocycles. The zero-order chi connectivity index (χ0) is 8.97. The molecule has 0 aliphatic heterocycles. The van der Waals surface area contributed by atoms with Crippen LogP contribution >= 0.6 is 0 Å². The number of hydrogen-bond acceptors (Lipinski definition) is 2. The average Bonchev–Trinajstić information content (AvgIpc) is 2.07. The third kappa shape index (κ3) is 1.56. The Morgan fingerprint density at radius 1 is 1.33 bits per heavy atom. The second kappa shape index (κ2) is 3.46. The molecule has 0 unspecified atom stereocenters. The lowest BCUT2D eigenvalue weighted by molar-refractivity contribution is -0.576. The molecule has 1 aromatic heterocycles. The van der Waals surface area contributed by atoms with Gasteiger partial charge in [-0.3, -0.25) is 10.2 Å². The number of rotatable bonds is 2. The topological polar surface area (TPSA) is 70.8 Å². The lowest BCUT2D eigenvalue weighted by Gasteiger charge is -1.90. The number of nitrogens with two attached hydrogens (primary N) is 1. The van der Waals surface area contributed by atoms with Crippen molar-refractivity contribution in [3.63, 3.8) is 0 Å². The van der Waals surface area contributed by atoms with Crippen molar-refractivity contribution in [3.05, 3.63) is 30.6 Å². The lowest BCUT2D eigenvalue weighted by Crippen LogP contribution is -2.38. The predicted octanol–water partition coefficient (Wildman–Crippen LogP) is -0.451. The van der Waals surface area contributed by atoms with Crippen LogP contribution in [-0.4, -0.2) is 11.8 Å². The summed E-state index contributed by atoms with van der Waals surface area (Å²) in [5, 5.41) is 6.82. The van der Waals surface area contributed by atoms with Crippen molar-refractivity contribution in [2.45, 2.75) is 0 Å². The van der Waals surface area contributed by atoms with Crippen LogP contribution in [0.2, 0.25) is 0 Å². The number of pyridine rings is 1. The Morgan fingerprint density at radius 2 is 1.92 bits per heavy atom. The molecule has 3 N–H and O–H groups in total. The Balaban J connectivity index is 3.14. The Morgan fingerprint density at radius 3 is 2.33 bits per heavy atom. The van der Waals surface area contributed by atoms with E-state index in [1.165, 1.54) is 4.57 Å². The van der Waals surface area contributed by atoms with Gasteiger partial charge in [-0.05, 0) is 0 Å². The van der Waals surface area contributed by atoms with Crippen LogP contribution in [0.3, 0.4) is 0 Å². The van der Waals surface area contributed by atoms with Gasteiger partial charge in [0.2, 0.25) is 0 Å². The van der Waals surface area contributed by atoms with Crippen molar-refractivity contribution in [2.75, 3.05) is 0 Å². The highest BCUT2D eigenvalue weighted by atomic mass is 16.1. The van der Waals surface area contributed by atoms with E-state index in [0.717, 1.165) is 0 Å². The fraction of sp³-hybridized carbons (Fsp3) is 0. The molecule has 0 fully saturated rings. The second-order valence-electron chi connectivity index (χ2n) is 2.12. The molecule has 1 aromatic rings. The molecule has 12 heavy (non-hydrogen) atoms. The van der Waals surface area contributed by atoms with Crippen molar-refractivity contribution >= 4 is 17.5 Å². The number of amides is 1. The molecule has 0 aliphatic carbocycles. The van der Waals surface area contributed by atoms with E-state index >= 15 is 0 Å². The minimum absolute atomic E-state index is 0.0237. The maximum absolute atomic E-state index is 10.7. The summed E-state index contributed by atoms with van der Waals surface area (Å²) in [6, 6.07) is 5.28. The van der Waals surface area contributed by atoms with Crippen LogP contribution in [0.1, 0.15) is 0 Å². The van der Waals surface area contributed by atoms with Crippen LogP contribution in [0.5, 0.6) is 0 Å². The Kier molecular flexibility index (Phi) is 2.35. The summed E-state index contributed by atoms with van der Waals surface area (Å²) in [5.74, 6) is 1.31. The molecule has 1 heterocycles. The van der Waals surface area contributed by atoms with Gasteiger partial charge in [-0.2, -0.15) is 4.57 Å². The first-order valence-corrected chi connectivity index (χ1v) is 3.32. The molecular weight excluding hydrogens is 154 g/mol. The third-order valence-corrected chi connectivity index (χ3v) is 1.33. The van der Waals surface area contributed by atoms with Crippen LogP contribution in [0, 0.1) is 5.41 Å². The number of primary amides is 1. The summed E-state index contributed by atoms with van der Waals surface area (Å²) >= 11 is 0. The fourth-order valence-electron chi connectivity index (χ4n) is 0.801. The normalized spacial score (nSPS) is 8.67. The van der Waals surface area contributed by atoms with Crippen LogP contribution in [0.4, 0.5) is 0 Å². The predicted molar refractivity (Wildman–Crippen MR) is 43.3 cm³/mol. The van der Waals surface area contributed by atoms with Gasteiger partial charge in [0.25, 0.3) is 0 Å². The SMILES string of the molecule is N=C=C(C(N)=O)[n+]1ccccc1. The van der Waals surface area contributed by atoms with E-state index in [1.807, 2.05) is 5.87 Å². The lowest BCUT2D eigenvalue weighted by atomic mass is 10.4. The molecule has 4 nitrogen and oxygen atoms in total. The molecular formula is C8H8N3O+. The number of nitrogens with one attached hydrogen (secondary N) is 1. The largest absolute Gasteiger partial charge is 0.360 e. The fourth-order valence-corrected chi connectivity index (χ4v) is 0.801. The summed E-state index contributed by atoms with van der Waals surface area (Å²) in [5.41, 5.74) is 5.02. The molecule has 0 radical (unpaired) electrons. The van der Waals surface area contributed by atoms with Crippen molar-refractivity contribution in [3.8, 4) is 0 Å². The minimum atomic E-state index is -0.666. The molecule has 0 aliphatic rings. The van der Waals surface area contributed by atoms with E-state index in [-0.39, 0.29) is 5.70 Å². The highest BCUT2D eigenvalue weighted by Gasteiger charge is 2.14. The first-order chi connectivity index (χ1) is 5.75. The third-order valence-electron chi connectivity index (χ3n) is 1.33. The Bertz CT molecular complexity index is 339. The van der Waals surface area contributed by atoms with E-state index < -0.39 is 5.91 Å². The van der Waals surface area contributed by atoms with Gasteiger partial charge in [-0.15, -0.1) is 0 Å². The van der Waals surface area contributed by atoms with E-state index in [9.17, 15) is 4.79 Å². The zero-order valence-corrected chi connectivity index (χ0v) is 6.32. The molecule has 1 amide bonds. The molecule has 0 atom stereocenters. The number of hydrogen-bond donors (Lipinski definition) is 2. The highest BCUT2D eigenvalue weighted by Crippen LogP contribution is 1.85. The van der Waals surface area contributed by atoms with Crippen LogP contribution in [0.25, 0.3) is 5.70 Å². The molecule has 0 spiro atoms. The quantitative estimate of drug-likeness (QED) is 0.345. The number of aromatic nitrogens is 1. The zero-order valence-electron chi connectivity index (χ0n) is 6.32. The van der Waals surface area contributed by atoms with Crippen LogP contribution in [-0.2, 0) is 4.79 Å². The first kappa shape index (κ1) is 8.17. The molecule has 4 heteroatoms. The number of carbonyl (C=O) groups excluding carboxylic acids is 1. The standard InChI is InChI=1S/C8H7N3O/c9-6-7(8(10)12)11-4-2-1-3-5-11/h1-5,9H,(H-,10,12)/p+1. The van der Waals surface area contributed by atoms with Gasteiger partial charge in [-0.25, -0.2) is 0 Å². The molecule has 0 saturated carbocycles. The van der Waals surface area contributed by atoms with Crippen molar-refractivity contribution in [1.82, 2.24) is 0 Å². The molecule has 1 rings (SSSR count). The Labute approximate surface area is 69.5 Å². The second-order valence-corrected chi connectivity index (χ2v) is 2.12. The van der Waals surface area contributed by atoms with Crippen molar-refractivity contribution < 1.29 is 9.36 Å². The summed E-state index contributed by atoms with van der Waals surface area (Å²) in [6.07, 6.45) is 3.25. The van der Waals surface area contributed by atoms with Gasteiger partial charge in [0.15, 0.2) is 12.4 Å². The van der Waals surface area contributed by atoms with E-state index in [1.54, 1.807) is 30.6 Å². The van der Waals surface area contributed by atoms with Gasteiger partial charge >= 0.3 is 11.6 Å². The smallest absolute Gasteiger partial charge is 0.337 e. The summed E-state index contributed by atoms with van der Waals surface area (Å²) in [6.45, 7) is 0. The Hall–Kier alpha value is -1.93. The monoisotopic (exact) mass is 162 g/mol. The first-order valence-electron chi connectivity index (χ1n) is 3.32. The summed E-state index contributed by atoms with van der Waals surface area (Å²) < 4.78 is 1.44. The number of carbonyl (C=O) groups is 1. The maximum Gasteiger partial charge on any atom is 0.337 e. The minimum Gasteiger partial charge on any atom is -0.360 e. The van der Waals surface area contributed by atoms with Crippen LogP contribution in [0.15, 0.2) is 30.6 Å². The van der Waals surface area contributed by atoms with Crippen molar-refractivity contribution in [1.29, 1.82) is 5.41 Å². The number of nitrogens with zero attached hydrogens (tertiary/aromatic N) is 1. The van der Waals surface area contributed by atoms with E-state index in [2.05, 4.69) is 0 Å². The van der Waals surface area contributed by atoms with Gasteiger partial charge in [0, 0.05) is 12.1 Å². The van der Waals surface area contributed by atoms with E-state index in [4.69, 9.17) is 11.1 Å². The van der Waals surface area contributed by atoms with Gasteiger partial charge in [0.05, 0.1) is 5.87 Å². The van der Waals surface area contributed by atoms with Gasteiger partial charge in [0.1, 0.15) is 0 Å². The molecule has 60 valence electrons. The highest BCUT2D eigenvalue weighted by molar-refractivity contribution is 6.17. The molecule has 0 bridgehead atoms. The van der Waals surface area contributed by atoms with Gasteiger partial charge < -0.3 is 5.73 Å². The summed E-state index contributed by atoms with van der Waals surface area (Å²) in [4.78, 5) is 10.7.